The van der Waals surface area contributed by atoms with Crippen molar-refractivity contribution in [2.75, 3.05) is 11.9 Å². The molecule has 0 unspecified atom stereocenters. The fraction of sp³-hybridized carbons (Fsp3) is 0.286. The predicted molar refractivity (Wildman–Crippen MR) is 51.8 cm³/mol. The first-order valence-corrected chi connectivity index (χ1v) is 4.78. The van der Waals surface area contributed by atoms with Gasteiger partial charge in [-0.3, -0.25) is 0 Å². The summed E-state index contributed by atoms with van der Waals surface area (Å²) in [5, 5.41) is 5.94. The van der Waals surface area contributed by atoms with Gasteiger partial charge in [-0.1, -0.05) is 0 Å². The van der Waals surface area contributed by atoms with Crippen molar-refractivity contribution in [3.05, 3.63) is 9.98 Å². The lowest BCUT2D eigenvalue weighted by molar-refractivity contribution is 1.09. The normalized spacial score (nSPS) is 9.09. The zero-order valence-electron chi connectivity index (χ0n) is 5.80. The summed E-state index contributed by atoms with van der Waals surface area (Å²) >= 11 is 4.82. The van der Waals surface area contributed by atoms with Gasteiger partial charge in [0.2, 0.25) is 0 Å². The number of hydrogen-bond acceptors (Lipinski definition) is 3. The Hall–Kier alpha value is -0.530. The lowest BCUT2D eigenvalue weighted by Gasteiger charge is -1.95. The number of thiazole rings is 1. The van der Waals surface area contributed by atoms with Crippen LogP contribution in [0.15, 0.2) is 9.98 Å². The second-order valence-electron chi connectivity index (χ2n) is 1.86. The van der Waals surface area contributed by atoms with E-state index in [0.717, 1.165) is 22.7 Å². The summed E-state index contributed by atoms with van der Waals surface area (Å²) in [6.07, 6.45) is 5.81. The van der Waals surface area contributed by atoms with Gasteiger partial charge in [0.1, 0.15) is 4.60 Å². The fourth-order valence-corrected chi connectivity index (χ4v) is 1.75. The largest absolute Gasteiger partial charge is 0.361 e. The van der Waals surface area contributed by atoms with Gasteiger partial charge in [0, 0.05) is 18.3 Å². The molecule has 0 saturated heterocycles. The topological polar surface area (TPSA) is 24.9 Å². The summed E-state index contributed by atoms with van der Waals surface area (Å²) < 4.78 is 0.866. The van der Waals surface area contributed by atoms with E-state index < -0.39 is 0 Å². The Morgan fingerprint density at radius 1 is 1.82 bits per heavy atom. The highest BCUT2D eigenvalue weighted by molar-refractivity contribution is 9.10. The number of rotatable bonds is 3. The molecular weight excluding hydrogens is 224 g/mol. The molecule has 1 aromatic rings. The van der Waals surface area contributed by atoms with Crippen LogP contribution in [0.3, 0.4) is 0 Å². The summed E-state index contributed by atoms with van der Waals surface area (Å²) in [7, 11) is 0. The van der Waals surface area contributed by atoms with Gasteiger partial charge in [-0.15, -0.1) is 23.7 Å². The Labute approximate surface area is 78.2 Å². The first-order chi connectivity index (χ1) is 5.33. The molecule has 0 aromatic carbocycles. The van der Waals surface area contributed by atoms with Crippen LogP contribution in [0.5, 0.6) is 0 Å². The summed E-state index contributed by atoms with van der Waals surface area (Å²) in [5.41, 5.74) is 0. The van der Waals surface area contributed by atoms with Crippen LogP contribution < -0.4 is 5.32 Å². The second kappa shape index (κ2) is 4.37. The van der Waals surface area contributed by atoms with Crippen LogP contribution >= 0.6 is 27.3 Å². The summed E-state index contributed by atoms with van der Waals surface area (Å²) in [5.74, 6) is 2.55. The van der Waals surface area contributed by atoms with Crippen LogP contribution in [0.4, 0.5) is 5.13 Å². The molecule has 1 N–H and O–H groups in total. The molecule has 0 fully saturated rings. The molecular formula is C7H7BrN2S. The van der Waals surface area contributed by atoms with Crippen molar-refractivity contribution in [2.45, 2.75) is 6.42 Å². The van der Waals surface area contributed by atoms with Crippen molar-refractivity contribution in [3.63, 3.8) is 0 Å². The molecule has 0 radical (unpaired) electrons. The minimum absolute atomic E-state index is 0.733. The number of aromatic nitrogens is 1. The van der Waals surface area contributed by atoms with Gasteiger partial charge in [0.05, 0.1) is 0 Å². The van der Waals surface area contributed by atoms with Crippen molar-refractivity contribution < 1.29 is 0 Å². The number of anilines is 1. The predicted octanol–water partition coefficient (Wildman–Crippen LogP) is 2.34. The van der Waals surface area contributed by atoms with Crippen molar-refractivity contribution in [2.24, 2.45) is 0 Å². The maximum atomic E-state index is 5.08. The van der Waals surface area contributed by atoms with E-state index in [1.807, 2.05) is 5.38 Å². The number of nitrogens with one attached hydrogen (secondary N) is 1. The molecule has 11 heavy (non-hydrogen) atoms. The van der Waals surface area contributed by atoms with Crippen molar-refractivity contribution in [1.29, 1.82) is 0 Å². The van der Waals surface area contributed by atoms with Crippen LogP contribution in [0.1, 0.15) is 6.42 Å². The minimum atomic E-state index is 0.733. The van der Waals surface area contributed by atoms with Gasteiger partial charge >= 0.3 is 0 Å². The van der Waals surface area contributed by atoms with Crippen molar-refractivity contribution >= 4 is 32.4 Å². The number of hydrogen-bond donors (Lipinski definition) is 1. The zero-order chi connectivity index (χ0) is 8.10. The van der Waals surface area contributed by atoms with Gasteiger partial charge in [-0.25, -0.2) is 4.98 Å². The third kappa shape index (κ3) is 2.91. The monoisotopic (exact) mass is 230 g/mol. The Morgan fingerprint density at radius 3 is 3.18 bits per heavy atom. The van der Waals surface area contributed by atoms with E-state index in [-0.39, 0.29) is 0 Å². The summed E-state index contributed by atoms with van der Waals surface area (Å²) in [6.45, 7) is 0.788. The van der Waals surface area contributed by atoms with E-state index in [9.17, 15) is 0 Å². The Kier molecular flexibility index (Phi) is 3.40. The lowest BCUT2D eigenvalue weighted by atomic mass is 10.4. The molecule has 0 bridgehead atoms. The average molecular weight is 231 g/mol. The maximum absolute atomic E-state index is 5.08. The summed E-state index contributed by atoms with van der Waals surface area (Å²) in [6, 6.07) is 0. The molecule has 0 aliphatic rings. The van der Waals surface area contributed by atoms with E-state index in [4.69, 9.17) is 6.42 Å². The van der Waals surface area contributed by atoms with E-state index in [2.05, 4.69) is 32.2 Å². The SMILES string of the molecule is C#CCCNc1nc(Br)cs1. The zero-order valence-corrected chi connectivity index (χ0v) is 8.20. The minimum Gasteiger partial charge on any atom is -0.361 e. The van der Waals surface area contributed by atoms with Crippen LogP contribution in [0, 0.1) is 12.3 Å². The van der Waals surface area contributed by atoms with Crippen molar-refractivity contribution in [3.8, 4) is 12.3 Å². The second-order valence-corrected chi connectivity index (χ2v) is 3.53. The number of nitrogens with zero attached hydrogens (tertiary/aromatic N) is 1. The van der Waals surface area contributed by atoms with Gasteiger partial charge in [-0.2, -0.15) is 0 Å². The van der Waals surface area contributed by atoms with Gasteiger partial charge in [0.25, 0.3) is 0 Å². The van der Waals surface area contributed by atoms with Crippen LogP contribution in [-0.4, -0.2) is 11.5 Å². The smallest absolute Gasteiger partial charge is 0.183 e. The first kappa shape index (κ1) is 8.57. The average Bonchev–Trinajstić information content (AvgIpc) is 2.37. The molecule has 0 saturated carbocycles. The molecule has 1 heterocycles. The highest BCUT2D eigenvalue weighted by Crippen LogP contribution is 2.18. The molecule has 1 aromatic heterocycles. The highest BCUT2D eigenvalue weighted by Gasteiger charge is 1.95. The van der Waals surface area contributed by atoms with Gasteiger partial charge in [-0.05, 0) is 15.9 Å². The molecule has 0 amide bonds. The molecule has 4 heteroatoms. The molecule has 58 valence electrons. The standard InChI is InChI=1S/C7H7BrN2S/c1-2-3-4-9-7-10-6(8)5-11-7/h1,5H,3-4H2,(H,9,10). The van der Waals surface area contributed by atoms with Crippen LogP contribution in [-0.2, 0) is 0 Å². The van der Waals surface area contributed by atoms with E-state index >= 15 is 0 Å². The maximum Gasteiger partial charge on any atom is 0.183 e. The molecule has 2 nitrogen and oxygen atoms in total. The van der Waals surface area contributed by atoms with Crippen molar-refractivity contribution in [1.82, 2.24) is 4.98 Å². The van der Waals surface area contributed by atoms with Crippen LogP contribution in [0.25, 0.3) is 0 Å². The number of terminal acetylenes is 1. The third-order valence-corrected chi connectivity index (χ3v) is 2.53. The summed E-state index contributed by atoms with van der Waals surface area (Å²) in [4.78, 5) is 4.14. The highest BCUT2D eigenvalue weighted by atomic mass is 79.9. The Balaban J connectivity index is 2.34. The fourth-order valence-electron chi connectivity index (χ4n) is 0.577. The Morgan fingerprint density at radius 2 is 2.64 bits per heavy atom. The molecule has 0 aliphatic carbocycles. The molecule has 1 rings (SSSR count). The lowest BCUT2D eigenvalue weighted by Crippen LogP contribution is -1.98. The van der Waals surface area contributed by atoms with Gasteiger partial charge in [0.15, 0.2) is 5.13 Å². The van der Waals surface area contributed by atoms with E-state index in [0.29, 0.717) is 0 Å². The van der Waals surface area contributed by atoms with Crippen LogP contribution in [0.2, 0.25) is 0 Å². The van der Waals surface area contributed by atoms with Gasteiger partial charge < -0.3 is 5.32 Å². The van der Waals surface area contributed by atoms with E-state index in [1.54, 1.807) is 11.3 Å². The first-order valence-electron chi connectivity index (χ1n) is 3.11. The third-order valence-electron chi connectivity index (χ3n) is 1.02. The molecule has 0 atom stereocenters. The number of halogens is 1. The Bertz CT molecular complexity index is 264. The van der Waals surface area contributed by atoms with E-state index in [1.165, 1.54) is 0 Å². The quantitative estimate of drug-likeness (QED) is 0.638. The molecule has 0 aliphatic heterocycles. The molecule has 0 spiro atoms.